The van der Waals surface area contributed by atoms with Gasteiger partial charge in [-0.1, -0.05) is 19.8 Å². The molecule has 0 spiro atoms. The first-order valence-corrected chi connectivity index (χ1v) is 8.81. The largest absolute Gasteiger partial charge is 0.381 e. The molecule has 1 aliphatic carbocycles. The van der Waals surface area contributed by atoms with E-state index in [4.69, 9.17) is 9.73 Å². The van der Waals surface area contributed by atoms with E-state index >= 15 is 0 Å². The number of likely N-dealkylation sites (tertiary alicyclic amines) is 1. The van der Waals surface area contributed by atoms with Crippen molar-refractivity contribution in [3.63, 3.8) is 0 Å². The molecule has 5 heteroatoms. The minimum atomic E-state index is 0. The van der Waals surface area contributed by atoms with E-state index in [1.54, 1.807) is 0 Å². The van der Waals surface area contributed by atoms with Gasteiger partial charge in [0.25, 0.3) is 0 Å². The Kier molecular flexibility index (Phi) is 6.80. The van der Waals surface area contributed by atoms with E-state index in [2.05, 4.69) is 24.1 Å². The highest BCUT2D eigenvalue weighted by Crippen LogP contribution is 2.36. The molecular formula is C17H32IN3O. The summed E-state index contributed by atoms with van der Waals surface area (Å²) < 4.78 is 5.55. The summed E-state index contributed by atoms with van der Waals surface area (Å²) in [4.78, 5) is 7.48. The fourth-order valence-electron chi connectivity index (χ4n) is 4.10. The van der Waals surface area contributed by atoms with Crippen molar-refractivity contribution in [2.24, 2.45) is 22.2 Å². The Bertz CT molecular complexity index is 368. The second kappa shape index (κ2) is 8.18. The molecule has 2 saturated heterocycles. The summed E-state index contributed by atoms with van der Waals surface area (Å²) in [6.45, 7) is 10.5. The Morgan fingerprint density at radius 2 is 1.95 bits per heavy atom. The highest BCUT2D eigenvalue weighted by atomic mass is 127. The van der Waals surface area contributed by atoms with Crippen LogP contribution in [-0.2, 0) is 4.74 Å². The van der Waals surface area contributed by atoms with Crippen LogP contribution in [0.25, 0.3) is 0 Å². The third kappa shape index (κ3) is 4.28. The van der Waals surface area contributed by atoms with E-state index in [0.717, 1.165) is 50.5 Å². The van der Waals surface area contributed by atoms with Crippen LogP contribution in [0, 0.1) is 17.3 Å². The third-order valence-corrected chi connectivity index (χ3v) is 5.52. The molecule has 2 heterocycles. The van der Waals surface area contributed by atoms with Crippen LogP contribution in [0.2, 0.25) is 0 Å². The van der Waals surface area contributed by atoms with Crippen LogP contribution in [0.3, 0.4) is 0 Å². The molecule has 0 radical (unpaired) electrons. The molecule has 0 aromatic carbocycles. The molecule has 0 aromatic rings. The van der Waals surface area contributed by atoms with Crippen LogP contribution in [0.15, 0.2) is 4.99 Å². The molecule has 22 heavy (non-hydrogen) atoms. The Morgan fingerprint density at radius 3 is 2.50 bits per heavy atom. The van der Waals surface area contributed by atoms with Gasteiger partial charge in [0.1, 0.15) is 0 Å². The van der Waals surface area contributed by atoms with Crippen molar-refractivity contribution in [2.45, 2.75) is 46.0 Å². The van der Waals surface area contributed by atoms with Crippen molar-refractivity contribution >= 4 is 29.9 Å². The van der Waals surface area contributed by atoms with E-state index < -0.39 is 0 Å². The average molecular weight is 421 g/mol. The van der Waals surface area contributed by atoms with E-state index in [9.17, 15) is 0 Å². The SMILES string of the molecule is CCNC(=NCC1(C)CCOC1)N1CC2CCCCC2C1.I. The minimum absolute atomic E-state index is 0. The summed E-state index contributed by atoms with van der Waals surface area (Å²) in [7, 11) is 0. The number of halogens is 1. The van der Waals surface area contributed by atoms with Gasteiger partial charge in [0.05, 0.1) is 13.2 Å². The molecule has 128 valence electrons. The summed E-state index contributed by atoms with van der Waals surface area (Å²) in [5.74, 6) is 2.96. The molecule has 3 unspecified atom stereocenters. The second-order valence-electron chi connectivity index (χ2n) is 7.49. The Hall–Kier alpha value is -0.0400. The average Bonchev–Trinajstić information content (AvgIpc) is 3.10. The molecule has 1 saturated carbocycles. The van der Waals surface area contributed by atoms with Crippen molar-refractivity contribution in [1.29, 1.82) is 0 Å². The number of rotatable bonds is 3. The molecule has 3 aliphatic rings. The predicted octanol–water partition coefficient (Wildman–Crippen LogP) is 3.12. The smallest absolute Gasteiger partial charge is 0.193 e. The van der Waals surface area contributed by atoms with E-state index in [1.807, 2.05) is 0 Å². The van der Waals surface area contributed by atoms with E-state index in [0.29, 0.717) is 0 Å². The van der Waals surface area contributed by atoms with E-state index in [1.165, 1.54) is 38.8 Å². The van der Waals surface area contributed by atoms with Gasteiger partial charge in [-0.3, -0.25) is 4.99 Å². The zero-order chi connectivity index (χ0) is 14.7. The lowest BCUT2D eigenvalue weighted by atomic mass is 9.82. The molecule has 0 aromatic heterocycles. The number of guanidine groups is 1. The summed E-state index contributed by atoms with van der Waals surface area (Å²) in [6, 6.07) is 0. The fraction of sp³-hybridized carbons (Fsp3) is 0.941. The first-order chi connectivity index (χ1) is 10.2. The van der Waals surface area contributed by atoms with Gasteiger partial charge in [-0.05, 0) is 38.0 Å². The highest BCUT2D eigenvalue weighted by molar-refractivity contribution is 14.0. The quantitative estimate of drug-likeness (QED) is 0.432. The number of aliphatic imine (C=N–C) groups is 1. The summed E-state index contributed by atoms with van der Waals surface area (Å²) in [6.07, 6.45) is 6.84. The van der Waals surface area contributed by atoms with Crippen LogP contribution in [-0.4, -0.2) is 50.3 Å². The normalized spacial score (nSPS) is 35.2. The monoisotopic (exact) mass is 421 g/mol. The molecule has 3 rings (SSSR count). The maximum Gasteiger partial charge on any atom is 0.193 e. The predicted molar refractivity (Wildman–Crippen MR) is 102 cm³/mol. The standard InChI is InChI=1S/C17H31N3O.HI/c1-3-18-16(19-12-17(2)8-9-21-13-17)20-10-14-6-4-5-7-15(14)11-20;/h14-15H,3-13H2,1-2H3,(H,18,19);1H. The molecular weight excluding hydrogens is 389 g/mol. The van der Waals surface area contributed by atoms with Crippen LogP contribution >= 0.6 is 24.0 Å². The first kappa shape index (κ1) is 18.3. The van der Waals surface area contributed by atoms with Gasteiger partial charge in [0.15, 0.2) is 5.96 Å². The number of hydrogen-bond acceptors (Lipinski definition) is 2. The number of ether oxygens (including phenoxy) is 1. The maximum absolute atomic E-state index is 5.55. The van der Waals surface area contributed by atoms with Crippen molar-refractivity contribution in [1.82, 2.24) is 10.2 Å². The van der Waals surface area contributed by atoms with Gasteiger partial charge >= 0.3 is 0 Å². The third-order valence-electron chi connectivity index (χ3n) is 5.52. The molecule has 1 N–H and O–H groups in total. The van der Waals surface area contributed by atoms with Crippen molar-refractivity contribution in [3.05, 3.63) is 0 Å². The number of nitrogens with one attached hydrogen (secondary N) is 1. The molecule has 3 fully saturated rings. The van der Waals surface area contributed by atoms with Gasteiger partial charge in [-0.25, -0.2) is 0 Å². The second-order valence-corrected chi connectivity index (χ2v) is 7.49. The summed E-state index contributed by atoms with van der Waals surface area (Å²) >= 11 is 0. The Balaban J connectivity index is 0.00000176. The zero-order valence-corrected chi connectivity index (χ0v) is 16.5. The molecule has 4 nitrogen and oxygen atoms in total. The van der Waals surface area contributed by atoms with Crippen LogP contribution in [0.4, 0.5) is 0 Å². The van der Waals surface area contributed by atoms with Crippen molar-refractivity contribution in [2.75, 3.05) is 39.4 Å². The van der Waals surface area contributed by atoms with Gasteiger partial charge < -0.3 is 15.0 Å². The van der Waals surface area contributed by atoms with Crippen LogP contribution in [0.5, 0.6) is 0 Å². The van der Waals surface area contributed by atoms with Crippen LogP contribution in [0.1, 0.15) is 46.0 Å². The fourth-order valence-corrected chi connectivity index (χ4v) is 4.10. The molecule has 3 atom stereocenters. The maximum atomic E-state index is 5.55. The van der Waals surface area contributed by atoms with Gasteiger partial charge in [0.2, 0.25) is 0 Å². The lowest BCUT2D eigenvalue weighted by Crippen LogP contribution is -2.41. The first-order valence-electron chi connectivity index (χ1n) is 8.81. The minimum Gasteiger partial charge on any atom is -0.381 e. The van der Waals surface area contributed by atoms with E-state index in [-0.39, 0.29) is 29.4 Å². The summed E-state index contributed by atoms with van der Waals surface area (Å²) in [5.41, 5.74) is 0.243. The highest BCUT2D eigenvalue weighted by Gasteiger charge is 2.36. The van der Waals surface area contributed by atoms with Crippen molar-refractivity contribution < 1.29 is 4.74 Å². The number of fused-ring (bicyclic) bond motifs is 1. The zero-order valence-electron chi connectivity index (χ0n) is 14.1. The van der Waals surface area contributed by atoms with Gasteiger partial charge in [-0.15, -0.1) is 24.0 Å². The molecule has 0 bridgehead atoms. The van der Waals surface area contributed by atoms with Gasteiger partial charge in [0, 0.05) is 31.7 Å². The Labute approximate surface area is 152 Å². The molecule has 0 amide bonds. The number of hydrogen-bond donors (Lipinski definition) is 1. The lowest BCUT2D eigenvalue weighted by Gasteiger charge is -2.24. The summed E-state index contributed by atoms with van der Waals surface area (Å²) in [5, 5.41) is 3.51. The van der Waals surface area contributed by atoms with Crippen LogP contribution < -0.4 is 5.32 Å². The lowest BCUT2D eigenvalue weighted by molar-refractivity contribution is 0.162. The number of nitrogens with zero attached hydrogens (tertiary/aromatic N) is 2. The molecule has 2 aliphatic heterocycles. The topological polar surface area (TPSA) is 36.9 Å². The Morgan fingerprint density at radius 1 is 1.27 bits per heavy atom. The van der Waals surface area contributed by atoms with Crippen molar-refractivity contribution in [3.8, 4) is 0 Å². The van der Waals surface area contributed by atoms with Gasteiger partial charge in [-0.2, -0.15) is 0 Å².